The molecule has 0 aliphatic heterocycles. The van der Waals surface area contributed by atoms with Crippen LogP contribution >= 0.6 is 0 Å². The SMILES string of the molecule is CC(C)C[C@H](NC(=O)[C@@]1(NC(=O)CNC(=O)[C@@H](C)NC(=O)[C@@H](N)Cc2ccc(O)cc2)C[C@H]1c1ccccc1)C(=O)O. The Morgan fingerprint density at radius 3 is 2.19 bits per heavy atom. The molecule has 0 saturated heterocycles. The van der Waals surface area contributed by atoms with Crippen LogP contribution in [0.5, 0.6) is 5.75 Å². The lowest BCUT2D eigenvalue weighted by Crippen LogP contribution is -2.56. The topological polar surface area (TPSA) is 200 Å². The number of carboxylic acid groups (broad SMARTS) is 1. The predicted octanol–water partition coefficient (Wildman–Crippen LogP) is 0.541. The third-order valence-corrected chi connectivity index (χ3v) is 7.14. The van der Waals surface area contributed by atoms with E-state index in [4.69, 9.17) is 5.73 Å². The van der Waals surface area contributed by atoms with Crippen LogP contribution in [0.4, 0.5) is 0 Å². The molecule has 1 saturated carbocycles. The molecule has 2 aromatic carbocycles. The molecule has 8 N–H and O–H groups in total. The molecule has 0 spiro atoms. The van der Waals surface area contributed by atoms with E-state index in [9.17, 15) is 34.2 Å². The molecule has 0 heterocycles. The zero-order valence-corrected chi connectivity index (χ0v) is 23.9. The van der Waals surface area contributed by atoms with Gasteiger partial charge in [0.1, 0.15) is 23.4 Å². The first-order chi connectivity index (χ1) is 19.8. The number of benzene rings is 2. The van der Waals surface area contributed by atoms with Gasteiger partial charge < -0.3 is 37.2 Å². The Balaban J connectivity index is 1.58. The van der Waals surface area contributed by atoms with Gasteiger partial charge in [-0.15, -0.1) is 0 Å². The number of carbonyl (C=O) groups is 5. The second kappa shape index (κ2) is 13.9. The molecule has 3 rings (SSSR count). The summed E-state index contributed by atoms with van der Waals surface area (Å²) in [7, 11) is 0. The fourth-order valence-electron chi connectivity index (χ4n) is 4.75. The Hall–Kier alpha value is -4.45. The highest BCUT2D eigenvalue weighted by Crippen LogP contribution is 2.51. The van der Waals surface area contributed by atoms with E-state index < -0.39 is 59.8 Å². The number of aliphatic carboxylic acids is 1. The van der Waals surface area contributed by atoms with Crippen molar-refractivity contribution < 1.29 is 34.2 Å². The monoisotopic (exact) mass is 581 g/mol. The number of nitrogens with one attached hydrogen (secondary N) is 4. The van der Waals surface area contributed by atoms with Gasteiger partial charge in [0, 0.05) is 5.92 Å². The van der Waals surface area contributed by atoms with Gasteiger partial charge in [0.05, 0.1) is 12.6 Å². The van der Waals surface area contributed by atoms with Gasteiger partial charge in [0.2, 0.25) is 23.6 Å². The Labute approximate surface area is 244 Å². The van der Waals surface area contributed by atoms with Gasteiger partial charge in [0.15, 0.2) is 0 Å². The summed E-state index contributed by atoms with van der Waals surface area (Å²) >= 11 is 0. The molecule has 1 aliphatic carbocycles. The molecule has 226 valence electrons. The molecule has 0 bridgehead atoms. The number of phenolic OH excluding ortho intramolecular Hbond substituents is 1. The van der Waals surface area contributed by atoms with Crippen LogP contribution in [0.1, 0.15) is 50.7 Å². The van der Waals surface area contributed by atoms with Crippen molar-refractivity contribution in [2.75, 3.05) is 6.54 Å². The third kappa shape index (κ3) is 8.53. The van der Waals surface area contributed by atoms with Crippen LogP contribution in [0, 0.1) is 5.92 Å². The maximum absolute atomic E-state index is 13.4. The van der Waals surface area contributed by atoms with Gasteiger partial charge in [-0.1, -0.05) is 56.3 Å². The van der Waals surface area contributed by atoms with Crippen LogP contribution in [-0.4, -0.2) is 70.0 Å². The number of aromatic hydroxyl groups is 1. The van der Waals surface area contributed by atoms with Crippen molar-refractivity contribution in [1.29, 1.82) is 0 Å². The number of rotatable bonds is 14. The molecule has 0 unspecified atom stereocenters. The first kappa shape index (κ1) is 32.1. The van der Waals surface area contributed by atoms with E-state index >= 15 is 0 Å². The zero-order chi connectivity index (χ0) is 31.0. The molecule has 4 amide bonds. The molecule has 5 atom stereocenters. The fourth-order valence-corrected chi connectivity index (χ4v) is 4.75. The minimum atomic E-state index is -1.37. The average Bonchev–Trinajstić information content (AvgIpc) is 3.67. The lowest BCUT2D eigenvalue weighted by Gasteiger charge is -2.23. The molecule has 2 aromatic rings. The summed E-state index contributed by atoms with van der Waals surface area (Å²) in [5, 5.41) is 29.2. The van der Waals surface area contributed by atoms with Crippen molar-refractivity contribution in [2.45, 2.75) is 69.6 Å². The van der Waals surface area contributed by atoms with E-state index in [1.165, 1.54) is 19.1 Å². The number of nitrogens with two attached hydrogens (primary N) is 1. The molecule has 1 fully saturated rings. The van der Waals surface area contributed by atoms with E-state index in [2.05, 4.69) is 21.3 Å². The normalized spacial score (nSPS) is 19.6. The standard InChI is InChI=1S/C30H39N5O7/c1-17(2)13-24(28(40)41)34-29(42)30(15-22(30)20-7-5-4-6-8-20)35-25(37)16-32-26(38)18(3)33-27(39)23(31)14-19-9-11-21(36)12-10-19/h4-12,17-18,22-24,36H,13-16,31H2,1-3H3,(H,32,38)(H,33,39)(H,34,42)(H,35,37)(H,40,41)/t18-,22+,23+,24+,30-/m1/s1. The number of carboxylic acids is 1. The van der Waals surface area contributed by atoms with E-state index in [0.717, 1.165) is 11.1 Å². The lowest BCUT2D eigenvalue weighted by atomic mass is 10.0. The first-order valence-corrected chi connectivity index (χ1v) is 13.8. The Morgan fingerprint density at radius 2 is 1.60 bits per heavy atom. The minimum absolute atomic E-state index is 0.0149. The third-order valence-electron chi connectivity index (χ3n) is 7.14. The highest BCUT2D eigenvalue weighted by atomic mass is 16.4. The summed E-state index contributed by atoms with van der Waals surface area (Å²) < 4.78 is 0. The maximum Gasteiger partial charge on any atom is 0.326 e. The Kier molecular flexibility index (Phi) is 10.6. The minimum Gasteiger partial charge on any atom is -0.508 e. The summed E-state index contributed by atoms with van der Waals surface area (Å²) in [5.74, 6) is -3.88. The number of carbonyl (C=O) groups excluding carboxylic acids is 4. The largest absolute Gasteiger partial charge is 0.508 e. The number of amides is 4. The van der Waals surface area contributed by atoms with Gasteiger partial charge in [-0.2, -0.15) is 0 Å². The highest BCUT2D eigenvalue weighted by molar-refractivity contribution is 5.99. The molecule has 0 aromatic heterocycles. The lowest BCUT2D eigenvalue weighted by molar-refractivity contribution is -0.143. The summed E-state index contributed by atoms with van der Waals surface area (Å²) in [4.78, 5) is 63.1. The smallest absolute Gasteiger partial charge is 0.326 e. The van der Waals surface area contributed by atoms with Gasteiger partial charge in [-0.05, 0) is 55.4 Å². The van der Waals surface area contributed by atoms with Crippen molar-refractivity contribution >= 4 is 29.6 Å². The molecule has 0 radical (unpaired) electrons. The fraction of sp³-hybridized carbons (Fsp3) is 0.433. The first-order valence-electron chi connectivity index (χ1n) is 13.8. The second-order valence-electron chi connectivity index (χ2n) is 11.1. The van der Waals surface area contributed by atoms with Gasteiger partial charge in [-0.25, -0.2) is 4.79 Å². The number of hydrogen-bond donors (Lipinski definition) is 7. The van der Waals surface area contributed by atoms with Crippen molar-refractivity contribution in [3.8, 4) is 5.75 Å². The maximum atomic E-state index is 13.4. The van der Waals surface area contributed by atoms with Crippen molar-refractivity contribution in [2.24, 2.45) is 11.7 Å². The molecular formula is C30H39N5O7. The zero-order valence-electron chi connectivity index (χ0n) is 23.9. The van der Waals surface area contributed by atoms with Crippen LogP contribution < -0.4 is 27.0 Å². The van der Waals surface area contributed by atoms with Gasteiger partial charge in [0.25, 0.3) is 0 Å². The summed E-state index contributed by atoms with van der Waals surface area (Å²) in [6.07, 6.45) is 0.677. The van der Waals surface area contributed by atoms with E-state index in [-0.39, 0.29) is 36.8 Å². The predicted molar refractivity (Wildman–Crippen MR) is 154 cm³/mol. The van der Waals surface area contributed by atoms with Crippen molar-refractivity contribution in [1.82, 2.24) is 21.3 Å². The number of phenols is 1. The van der Waals surface area contributed by atoms with Crippen LogP contribution in [0.15, 0.2) is 54.6 Å². The Morgan fingerprint density at radius 1 is 0.952 bits per heavy atom. The van der Waals surface area contributed by atoms with Gasteiger partial charge in [-0.3, -0.25) is 19.2 Å². The summed E-state index contributed by atoms with van der Waals surface area (Å²) in [6, 6.07) is 12.3. The van der Waals surface area contributed by atoms with Gasteiger partial charge >= 0.3 is 5.97 Å². The van der Waals surface area contributed by atoms with E-state index in [0.29, 0.717) is 0 Å². The van der Waals surface area contributed by atoms with Crippen LogP contribution in [-0.2, 0) is 30.4 Å². The average molecular weight is 582 g/mol. The number of hydrogen-bond acceptors (Lipinski definition) is 7. The van der Waals surface area contributed by atoms with Crippen LogP contribution in [0.2, 0.25) is 0 Å². The summed E-state index contributed by atoms with van der Waals surface area (Å²) in [5.41, 5.74) is 6.14. The molecular weight excluding hydrogens is 542 g/mol. The molecule has 42 heavy (non-hydrogen) atoms. The molecule has 1 aliphatic rings. The van der Waals surface area contributed by atoms with E-state index in [1.807, 2.05) is 44.2 Å². The molecule has 12 nitrogen and oxygen atoms in total. The highest BCUT2D eigenvalue weighted by Gasteiger charge is 2.62. The van der Waals surface area contributed by atoms with Crippen molar-refractivity contribution in [3.05, 3.63) is 65.7 Å². The molecule has 12 heteroatoms. The second-order valence-corrected chi connectivity index (χ2v) is 11.1. The summed E-state index contributed by atoms with van der Waals surface area (Å²) in [6.45, 7) is 4.67. The van der Waals surface area contributed by atoms with E-state index in [1.54, 1.807) is 12.1 Å². The van der Waals surface area contributed by atoms with Crippen molar-refractivity contribution in [3.63, 3.8) is 0 Å². The van der Waals surface area contributed by atoms with Crippen LogP contribution in [0.25, 0.3) is 0 Å². The quantitative estimate of drug-likeness (QED) is 0.168. The Bertz CT molecular complexity index is 1280. The van der Waals surface area contributed by atoms with Crippen LogP contribution in [0.3, 0.4) is 0 Å².